The van der Waals surface area contributed by atoms with Crippen molar-refractivity contribution in [1.29, 1.82) is 5.26 Å². The van der Waals surface area contributed by atoms with E-state index in [0.717, 1.165) is 72.4 Å². The number of piperazine rings is 1. The number of fused-ring (bicyclic) bond motifs is 2. The van der Waals surface area contributed by atoms with Gasteiger partial charge in [0.1, 0.15) is 5.82 Å². The van der Waals surface area contributed by atoms with Gasteiger partial charge in [0.2, 0.25) is 0 Å². The van der Waals surface area contributed by atoms with Crippen molar-refractivity contribution < 1.29 is 13.9 Å². The molecule has 4 heterocycles. The zero-order chi connectivity index (χ0) is 34.0. The number of anilines is 2. The van der Waals surface area contributed by atoms with E-state index in [1.54, 1.807) is 0 Å². The molecule has 1 atom stereocenters. The van der Waals surface area contributed by atoms with Crippen LogP contribution < -0.4 is 14.5 Å². The van der Waals surface area contributed by atoms with Crippen LogP contribution in [-0.2, 0) is 17.8 Å². The zero-order valence-electron chi connectivity index (χ0n) is 28.8. The number of amides is 1. The largest absolute Gasteiger partial charge is 0.463 e. The van der Waals surface area contributed by atoms with Crippen LogP contribution in [0.4, 0.5) is 15.9 Å². The van der Waals surface area contributed by atoms with Crippen LogP contribution in [0.15, 0.2) is 24.7 Å². The Morgan fingerprint density at radius 1 is 1.17 bits per heavy atom. The minimum atomic E-state index is -1.01. The first-order valence-corrected chi connectivity index (χ1v) is 17.2. The van der Waals surface area contributed by atoms with Gasteiger partial charge in [0, 0.05) is 49.1 Å². The Hall–Kier alpha value is -4.24. The van der Waals surface area contributed by atoms with E-state index in [4.69, 9.17) is 14.7 Å². The van der Waals surface area contributed by atoms with Gasteiger partial charge in [0.05, 0.1) is 54.8 Å². The second kappa shape index (κ2) is 14.1. The summed E-state index contributed by atoms with van der Waals surface area (Å²) < 4.78 is 20.6. The van der Waals surface area contributed by atoms with E-state index in [0.29, 0.717) is 32.3 Å². The molecule has 2 aromatic heterocycles. The molecule has 12 heteroatoms. The molecule has 256 valence electrons. The van der Waals surface area contributed by atoms with Gasteiger partial charge < -0.3 is 24.3 Å². The highest BCUT2D eigenvalue weighted by atomic mass is 19.1. The van der Waals surface area contributed by atoms with Crippen molar-refractivity contribution in [3.8, 4) is 12.1 Å². The van der Waals surface area contributed by atoms with Gasteiger partial charge in [-0.05, 0) is 70.8 Å². The number of rotatable bonds is 9. The Morgan fingerprint density at radius 2 is 1.96 bits per heavy atom. The van der Waals surface area contributed by atoms with E-state index in [9.17, 15) is 14.4 Å². The third-order valence-electron chi connectivity index (χ3n) is 10.5. The predicted octanol–water partition coefficient (Wildman–Crippen LogP) is 5.23. The number of nitrogens with zero attached hydrogens (tertiary/aromatic N) is 8. The third kappa shape index (κ3) is 6.83. The maximum atomic E-state index is 14.0. The number of hydrogen-bond donors (Lipinski definition) is 1. The van der Waals surface area contributed by atoms with Crippen molar-refractivity contribution in [2.24, 2.45) is 5.41 Å². The van der Waals surface area contributed by atoms with Crippen LogP contribution >= 0.6 is 0 Å². The van der Waals surface area contributed by atoms with Gasteiger partial charge in [-0.1, -0.05) is 25.8 Å². The Kier molecular flexibility index (Phi) is 9.88. The first-order chi connectivity index (χ1) is 23.1. The molecular formula is C36H48FN9O2. The van der Waals surface area contributed by atoms with Crippen molar-refractivity contribution in [3.63, 3.8) is 0 Å². The molecule has 2 aliphatic heterocycles. The van der Waals surface area contributed by atoms with Crippen molar-refractivity contribution >= 4 is 28.3 Å². The summed E-state index contributed by atoms with van der Waals surface area (Å²) in [6.45, 7) is 11.5. The number of nitriles is 1. The molecule has 6 rings (SSSR count). The van der Waals surface area contributed by atoms with Gasteiger partial charge in [-0.15, -0.1) is 0 Å². The zero-order valence-corrected chi connectivity index (χ0v) is 28.8. The van der Waals surface area contributed by atoms with Gasteiger partial charge in [-0.3, -0.25) is 9.89 Å². The number of halogens is 1. The fourth-order valence-corrected chi connectivity index (χ4v) is 8.11. The number of hydrogen-bond acceptors (Lipinski definition) is 9. The van der Waals surface area contributed by atoms with E-state index in [-0.39, 0.29) is 18.4 Å². The van der Waals surface area contributed by atoms with Crippen LogP contribution in [0, 0.1) is 30.6 Å². The number of benzene rings is 1. The highest BCUT2D eigenvalue weighted by molar-refractivity contribution is 5.94. The molecule has 1 saturated heterocycles. The summed E-state index contributed by atoms with van der Waals surface area (Å²) in [6.07, 6.45) is 9.50. The summed E-state index contributed by atoms with van der Waals surface area (Å²) in [5, 5.41) is 18.2. The number of ether oxygens (including phenoxy) is 1. The van der Waals surface area contributed by atoms with E-state index in [1.165, 1.54) is 35.3 Å². The minimum Gasteiger partial charge on any atom is -0.463 e. The summed E-state index contributed by atoms with van der Waals surface area (Å²) >= 11 is 0. The quantitative estimate of drug-likeness (QED) is 0.309. The topological polar surface area (TPSA) is 118 Å². The van der Waals surface area contributed by atoms with E-state index in [1.807, 2.05) is 6.20 Å². The lowest BCUT2D eigenvalue weighted by molar-refractivity contribution is -0.131. The third-order valence-corrected chi connectivity index (χ3v) is 10.5. The van der Waals surface area contributed by atoms with Crippen LogP contribution in [-0.4, -0.2) is 95.3 Å². The highest BCUT2D eigenvalue weighted by Gasteiger charge is 2.36. The van der Waals surface area contributed by atoms with E-state index in [2.05, 4.69) is 71.6 Å². The summed E-state index contributed by atoms with van der Waals surface area (Å²) in [6, 6.07) is 4.21. The Labute approximate surface area is 282 Å². The van der Waals surface area contributed by atoms with Crippen LogP contribution in [0.1, 0.15) is 67.3 Å². The normalized spacial score (nSPS) is 19.6. The lowest BCUT2D eigenvalue weighted by Gasteiger charge is -2.41. The van der Waals surface area contributed by atoms with Crippen molar-refractivity contribution in [3.05, 3.63) is 47.1 Å². The van der Waals surface area contributed by atoms with Crippen LogP contribution in [0.2, 0.25) is 0 Å². The van der Waals surface area contributed by atoms with E-state index >= 15 is 0 Å². The predicted molar refractivity (Wildman–Crippen MR) is 185 cm³/mol. The minimum absolute atomic E-state index is 0.0360. The molecule has 0 bridgehead atoms. The average molecular weight is 658 g/mol. The second-order valence-electron chi connectivity index (χ2n) is 14.2. The first kappa shape index (κ1) is 33.7. The monoisotopic (exact) mass is 657 g/mol. The molecule has 0 unspecified atom stereocenters. The van der Waals surface area contributed by atoms with Crippen molar-refractivity contribution in [2.75, 3.05) is 63.2 Å². The lowest BCUT2D eigenvalue weighted by atomic mass is 9.74. The van der Waals surface area contributed by atoms with Gasteiger partial charge >= 0.3 is 6.01 Å². The molecule has 1 aliphatic carbocycles. The summed E-state index contributed by atoms with van der Waals surface area (Å²) in [5.41, 5.74) is 6.60. The van der Waals surface area contributed by atoms with Crippen LogP contribution in [0.5, 0.6) is 6.01 Å². The molecule has 3 aromatic rings. The smallest absolute Gasteiger partial charge is 0.318 e. The second-order valence-corrected chi connectivity index (χ2v) is 14.2. The molecular weight excluding hydrogens is 609 g/mol. The number of nitrogens with one attached hydrogen (secondary N) is 1. The molecule has 1 saturated carbocycles. The highest BCUT2D eigenvalue weighted by Crippen LogP contribution is 2.39. The van der Waals surface area contributed by atoms with Crippen molar-refractivity contribution in [1.82, 2.24) is 30.0 Å². The molecule has 1 amide bonds. The summed E-state index contributed by atoms with van der Waals surface area (Å²) in [5.74, 6) is -0.981. The molecule has 0 radical (unpaired) electrons. The number of aromatic nitrogens is 4. The number of aromatic amines is 1. The van der Waals surface area contributed by atoms with Gasteiger partial charge in [-0.25, -0.2) is 4.39 Å². The van der Waals surface area contributed by atoms with Gasteiger partial charge in [-0.2, -0.15) is 20.3 Å². The van der Waals surface area contributed by atoms with Gasteiger partial charge in [0.15, 0.2) is 5.83 Å². The first-order valence-electron chi connectivity index (χ1n) is 17.2. The lowest BCUT2D eigenvalue weighted by Crippen LogP contribution is -2.55. The Balaban J connectivity index is 1.38. The number of aryl methyl sites for hydroxylation is 1. The fraction of sp³-hybridized carbons (Fsp3) is 0.583. The molecule has 1 N–H and O–H groups in total. The molecule has 2 fully saturated rings. The summed E-state index contributed by atoms with van der Waals surface area (Å²) in [4.78, 5) is 31.1. The van der Waals surface area contributed by atoms with Crippen molar-refractivity contribution in [2.45, 2.75) is 77.8 Å². The number of carbonyl (C=O) groups is 1. The summed E-state index contributed by atoms with van der Waals surface area (Å²) in [7, 11) is 4.24. The molecule has 0 spiro atoms. The molecule has 48 heavy (non-hydrogen) atoms. The maximum Gasteiger partial charge on any atom is 0.318 e. The number of carbonyl (C=O) groups excluding carboxylic acids is 1. The van der Waals surface area contributed by atoms with Gasteiger partial charge in [0.25, 0.3) is 5.91 Å². The Morgan fingerprint density at radius 3 is 2.69 bits per heavy atom. The Bertz CT molecular complexity index is 1710. The maximum absolute atomic E-state index is 14.0. The fourth-order valence-electron chi connectivity index (χ4n) is 8.11. The van der Waals surface area contributed by atoms with E-state index < -0.39 is 17.8 Å². The van der Waals surface area contributed by atoms with Crippen LogP contribution in [0.3, 0.4) is 0 Å². The average Bonchev–Trinajstić information content (AvgIpc) is 3.41. The molecule has 3 aliphatic rings. The number of H-pyrrole nitrogens is 1. The molecule has 11 nitrogen and oxygen atoms in total. The SMILES string of the molecule is C=C(F)C(=O)N1CCN(c2nc(OCC3(CN(C)C)CCCCC3)nc3c2CCCN(c2c(C)c(C)cc4[nH]ncc24)C3)C[C@@H]1CC#N. The molecule has 1 aromatic carbocycles. The van der Waals surface area contributed by atoms with Crippen LogP contribution in [0.25, 0.3) is 10.9 Å². The standard InChI is InChI=1S/C36H48FN9O2/c1-24-18-30-29(19-39-42-30)32(25(24)2)44-15-9-10-28-31(21-44)40-35(48-23-36(22-43(4)5)12-7-6-8-13-36)41-33(28)45-16-17-46(34(47)26(3)37)27(20-45)11-14-38/h18-19,27H,3,6-13,15-17,20-23H2,1-2,4-5H3,(H,39,42)/t27-/m0/s1.